The Bertz CT molecular complexity index is 2360. The predicted octanol–water partition coefficient (Wildman–Crippen LogP) is 7.87. The smallest absolute Gasteiger partial charge is 0.324 e. The van der Waals surface area contributed by atoms with Gasteiger partial charge in [-0.3, -0.25) is 5.32 Å². The van der Waals surface area contributed by atoms with Gasteiger partial charge in [-0.1, -0.05) is 0 Å². The summed E-state index contributed by atoms with van der Waals surface area (Å²) in [6.45, 7) is 1.87. The Morgan fingerprint density at radius 2 is 1.09 bits per heavy atom. The second kappa shape index (κ2) is 16.4. The van der Waals surface area contributed by atoms with Gasteiger partial charge >= 0.3 is 6.03 Å². The van der Waals surface area contributed by atoms with Crippen LogP contribution in [-0.4, -0.2) is 58.8 Å². The molecule has 0 aliphatic heterocycles. The largest absolute Gasteiger partial charge is 0.493 e. The number of nitrogens with one attached hydrogen (secondary N) is 2. The highest BCUT2D eigenvalue weighted by atomic mass is 32.1. The summed E-state index contributed by atoms with van der Waals surface area (Å²) < 4.78 is 37.2. The molecule has 7 rings (SSSR count). The Hall–Kier alpha value is -6.94. The second-order valence-electron chi connectivity index (χ2n) is 11.0. The van der Waals surface area contributed by atoms with Gasteiger partial charge in [-0.2, -0.15) is 4.37 Å². The number of aryl methyl sites for hydroxylation is 1. The molecule has 3 heterocycles. The van der Waals surface area contributed by atoms with Crippen LogP contribution in [0.1, 0.15) is 5.69 Å². The normalized spacial score (nSPS) is 10.5. The Kier molecular flexibility index (Phi) is 11.1. The average molecular weight is 735 g/mol. The van der Waals surface area contributed by atoms with Crippen molar-refractivity contribution in [2.75, 3.05) is 44.8 Å². The van der Waals surface area contributed by atoms with Crippen LogP contribution in [0.15, 0.2) is 91.5 Å². The van der Waals surface area contributed by atoms with Crippen LogP contribution in [0.3, 0.4) is 0 Å². The molecule has 0 atom stereocenters. The minimum atomic E-state index is -0.347. The molecule has 15 nitrogen and oxygen atoms in total. The fraction of sp³-hybridized carbons (Fsp3) is 0.135. The number of aromatic nitrogens is 5. The zero-order chi connectivity index (χ0) is 37.3. The third-order valence-corrected chi connectivity index (χ3v) is 8.29. The van der Waals surface area contributed by atoms with E-state index in [1.807, 2.05) is 6.92 Å². The van der Waals surface area contributed by atoms with E-state index >= 15 is 0 Å². The highest BCUT2D eigenvalue weighted by Gasteiger charge is 2.14. The van der Waals surface area contributed by atoms with E-state index < -0.39 is 0 Å². The van der Waals surface area contributed by atoms with Crippen LogP contribution >= 0.6 is 11.5 Å². The van der Waals surface area contributed by atoms with Gasteiger partial charge < -0.3 is 39.5 Å². The van der Waals surface area contributed by atoms with Gasteiger partial charge in [0.05, 0.1) is 55.9 Å². The molecule has 0 bridgehead atoms. The fourth-order valence-electron chi connectivity index (χ4n) is 4.94. The number of anilines is 3. The lowest BCUT2D eigenvalue weighted by atomic mass is 10.2. The minimum absolute atomic E-state index is 0.347. The summed E-state index contributed by atoms with van der Waals surface area (Å²) in [6, 6.07) is 22.6. The van der Waals surface area contributed by atoms with Crippen LogP contribution in [-0.2, 0) is 0 Å². The lowest BCUT2D eigenvalue weighted by Crippen LogP contribution is -2.18. The molecule has 0 aliphatic rings. The first-order chi connectivity index (χ1) is 25.8. The van der Waals surface area contributed by atoms with Crippen LogP contribution in [0.5, 0.6) is 46.3 Å². The van der Waals surface area contributed by atoms with Crippen LogP contribution < -0.4 is 44.8 Å². The van der Waals surface area contributed by atoms with E-state index in [9.17, 15) is 4.79 Å². The summed E-state index contributed by atoms with van der Waals surface area (Å²) in [5.74, 6) is 4.33. The summed E-state index contributed by atoms with van der Waals surface area (Å²) >= 11 is 1.23. The number of nitrogens with two attached hydrogens (primary N) is 1. The van der Waals surface area contributed by atoms with E-state index in [1.165, 1.54) is 24.2 Å². The van der Waals surface area contributed by atoms with Gasteiger partial charge in [-0.15, -0.1) is 0 Å². The van der Waals surface area contributed by atoms with Crippen LogP contribution in [0.4, 0.5) is 21.2 Å². The number of hydrogen-bond acceptors (Lipinski definition) is 14. The van der Waals surface area contributed by atoms with Crippen LogP contribution in [0.25, 0.3) is 21.8 Å². The number of ether oxygens (including phenoxy) is 6. The van der Waals surface area contributed by atoms with Crippen molar-refractivity contribution < 1.29 is 33.2 Å². The lowest BCUT2D eigenvalue weighted by molar-refractivity contribution is 0.262. The van der Waals surface area contributed by atoms with Gasteiger partial charge in [0.25, 0.3) is 0 Å². The molecule has 0 aliphatic carbocycles. The molecule has 53 heavy (non-hydrogen) atoms. The number of rotatable bonds is 10. The third kappa shape index (κ3) is 8.69. The molecule has 0 saturated carbocycles. The molecule has 0 radical (unpaired) electrons. The Morgan fingerprint density at radius 3 is 1.55 bits per heavy atom. The number of amides is 2. The van der Waals surface area contributed by atoms with Gasteiger partial charge in [-0.25, -0.2) is 24.7 Å². The monoisotopic (exact) mass is 734 g/mol. The summed E-state index contributed by atoms with van der Waals surface area (Å²) in [5, 5.41) is 7.60. The van der Waals surface area contributed by atoms with Crippen molar-refractivity contribution in [2.24, 2.45) is 0 Å². The highest BCUT2D eigenvalue weighted by molar-refractivity contribution is 7.10. The summed E-state index contributed by atoms with van der Waals surface area (Å²) in [4.78, 5) is 29.0. The highest BCUT2D eigenvalue weighted by Crippen LogP contribution is 2.37. The molecule has 7 aromatic rings. The number of nitrogens with zero attached hydrogens (tertiary/aromatic N) is 5. The maximum atomic E-state index is 12.1. The van der Waals surface area contributed by atoms with Gasteiger partial charge in [0, 0.05) is 23.5 Å². The topological polar surface area (TPSA) is 187 Å². The predicted molar refractivity (Wildman–Crippen MR) is 202 cm³/mol. The van der Waals surface area contributed by atoms with Gasteiger partial charge in [-0.05, 0) is 85.2 Å². The first-order valence-corrected chi connectivity index (χ1v) is 16.6. The van der Waals surface area contributed by atoms with E-state index in [2.05, 4.69) is 34.9 Å². The van der Waals surface area contributed by atoms with Crippen molar-refractivity contribution in [3.63, 3.8) is 0 Å². The lowest BCUT2D eigenvalue weighted by Gasteiger charge is -2.12. The SMILES string of the molecule is COc1cc2ncnc(Oc3ccc(N)cc3)c2cc1OC.COc1cc2ncnc(Oc3ccc(NC(=O)Nc4cc(C)ns4)cc3)c2cc1OC. The van der Waals surface area contributed by atoms with Crippen molar-refractivity contribution in [3.8, 4) is 46.3 Å². The molecule has 3 aromatic heterocycles. The van der Waals surface area contributed by atoms with Gasteiger partial charge in [0.15, 0.2) is 23.0 Å². The Balaban J connectivity index is 0.000000192. The molecule has 2 amide bonds. The number of methoxy groups -OCH3 is 4. The van der Waals surface area contributed by atoms with Crippen LogP contribution in [0.2, 0.25) is 0 Å². The van der Waals surface area contributed by atoms with Crippen molar-refractivity contribution in [3.05, 3.63) is 97.2 Å². The molecule has 0 spiro atoms. The summed E-state index contributed by atoms with van der Waals surface area (Å²) in [6.07, 6.45) is 2.87. The molecule has 0 unspecified atom stereocenters. The van der Waals surface area contributed by atoms with Crippen molar-refractivity contribution in [1.29, 1.82) is 0 Å². The first-order valence-electron chi connectivity index (χ1n) is 15.8. The molecule has 0 fully saturated rings. The average Bonchev–Trinajstić information content (AvgIpc) is 3.59. The molecule has 4 aromatic carbocycles. The number of urea groups is 1. The Morgan fingerprint density at radius 1 is 0.623 bits per heavy atom. The number of carbonyl (C=O) groups excluding carboxylic acids is 1. The molecule has 4 N–H and O–H groups in total. The van der Waals surface area contributed by atoms with E-state index in [1.54, 1.807) is 107 Å². The van der Waals surface area contributed by atoms with Gasteiger partial charge in [0.1, 0.15) is 29.2 Å². The van der Waals surface area contributed by atoms with Gasteiger partial charge in [0.2, 0.25) is 11.8 Å². The number of carbonyl (C=O) groups is 1. The zero-order valence-electron chi connectivity index (χ0n) is 29.2. The number of benzene rings is 4. The maximum Gasteiger partial charge on any atom is 0.324 e. The molecular formula is C37H34N8O7S. The number of nitrogen functional groups attached to an aromatic ring is 1. The molecule has 0 saturated heterocycles. The minimum Gasteiger partial charge on any atom is -0.493 e. The van der Waals surface area contributed by atoms with E-state index in [0.717, 1.165) is 11.1 Å². The molecular weight excluding hydrogens is 701 g/mol. The maximum absolute atomic E-state index is 12.1. The zero-order valence-corrected chi connectivity index (χ0v) is 30.1. The quantitative estimate of drug-likeness (QED) is 0.115. The third-order valence-electron chi connectivity index (χ3n) is 7.49. The van der Waals surface area contributed by atoms with Crippen LogP contribution in [0, 0.1) is 6.92 Å². The number of fused-ring (bicyclic) bond motifs is 2. The molecule has 270 valence electrons. The standard InChI is InChI=1S/C21H19N5O4S.C16H15N3O3/c1-12-8-19(31-26-12)25-21(27)24-13-4-6-14(7-5-13)30-20-15-9-17(28-2)18(29-3)10-16(15)22-11-23-20;1-20-14-7-12-13(8-15(14)21-2)18-9-19-16(12)22-11-5-3-10(17)4-6-11/h4-11H,1-3H3,(H2,24,25,27);3-9H,17H2,1-2H3. The molecule has 16 heteroatoms. The second-order valence-corrected chi connectivity index (χ2v) is 11.8. The fourth-order valence-corrected chi connectivity index (χ4v) is 5.60. The van der Waals surface area contributed by atoms with Crippen molar-refractivity contribution >= 4 is 55.7 Å². The van der Waals surface area contributed by atoms with Crippen molar-refractivity contribution in [2.45, 2.75) is 6.92 Å². The van der Waals surface area contributed by atoms with E-state index in [0.29, 0.717) is 79.1 Å². The summed E-state index contributed by atoms with van der Waals surface area (Å²) in [7, 11) is 6.28. The summed E-state index contributed by atoms with van der Waals surface area (Å²) in [5.41, 5.74) is 9.18. The van der Waals surface area contributed by atoms with Crippen molar-refractivity contribution in [1.82, 2.24) is 24.3 Å². The number of hydrogen-bond donors (Lipinski definition) is 3. The first kappa shape index (κ1) is 35.9. The van der Waals surface area contributed by atoms with E-state index in [-0.39, 0.29) is 6.03 Å². The Labute approximate surface area is 307 Å². The van der Waals surface area contributed by atoms with E-state index in [4.69, 9.17) is 34.2 Å².